The Kier molecular flexibility index (Phi) is 5.42. The van der Waals surface area contributed by atoms with E-state index in [9.17, 15) is 9.90 Å². The first-order chi connectivity index (χ1) is 12.5. The Balaban J connectivity index is 1.59. The Morgan fingerprint density at radius 1 is 1.35 bits per heavy atom. The predicted octanol–water partition coefficient (Wildman–Crippen LogP) is 2.85. The van der Waals surface area contributed by atoms with Crippen molar-refractivity contribution < 1.29 is 14.6 Å². The third-order valence-corrected chi connectivity index (χ3v) is 4.74. The summed E-state index contributed by atoms with van der Waals surface area (Å²) in [4.78, 5) is 18.4. The number of pyridine rings is 1. The van der Waals surface area contributed by atoms with E-state index in [1.807, 2.05) is 18.2 Å². The molecule has 26 heavy (non-hydrogen) atoms. The van der Waals surface area contributed by atoms with E-state index in [-0.39, 0.29) is 23.3 Å². The Morgan fingerprint density at radius 2 is 2.12 bits per heavy atom. The highest BCUT2D eigenvalue weighted by molar-refractivity contribution is 5.74. The molecule has 0 aliphatic carbocycles. The molecule has 1 aliphatic rings. The van der Waals surface area contributed by atoms with Gasteiger partial charge < -0.3 is 20.1 Å². The maximum atomic E-state index is 12.6. The highest BCUT2D eigenvalue weighted by Gasteiger charge is 2.27. The molecule has 6 heteroatoms. The number of ether oxygens (including phenoxy) is 1. The van der Waals surface area contributed by atoms with E-state index < -0.39 is 0 Å². The van der Waals surface area contributed by atoms with Gasteiger partial charge in [-0.3, -0.25) is 4.98 Å². The summed E-state index contributed by atoms with van der Waals surface area (Å²) >= 11 is 0. The highest BCUT2D eigenvalue weighted by Crippen LogP contribution is 2.25. The Hall–Kier alpha value is -2.60. The van der Waals surface area contributed by atoms with Crippen LogP contribution in [0.3, 0.4) is 0 Å². The lowest BCUT2D eigenvalue weighted by atomic mass is 9.85. The van der Waals surface area contributed by atoms with Crippen molar-refractivity contribution >= 4 is 6.03 Å². The second-order valence-corrected chi connectivity index (χ2v) is 7.18. The van der Waals surface area contributed by atoms with Gasteiger partial charge in [0, 0.05) is 30.9 Å². The Morgan fingerprint density at radius 3 is 2.85 bits per heavy atom. The molecule has 0 spiro atoms. The smallest absolute Gasteiger partial charge is 0.317 e. The van der Waals surface area contributed by atoms with Crippen molar-refractivity contribution in [3.63, 3.8) is 0 Å². The lowest BCUT2D eigenvalue weighted by Gasteiger charge is -2.34. The number of aromatic hydroxyl groups is 1. The van der Waals surface area contributed by atoms with Gasteiger partial charge in [0.25, 0.3) is 0 Å². The zero-order chi connectivity index (χ0) is 18.6. The van der Waals surface area contributed by atoms with Crippen LogP contribution in [0.2, 0.25) is 0 Å². The molecule has 2 aromatic rings. The molecule has 1 atom stereocenters. The number of rotatable bonds is 4. The molecule has 6 nitrogen and oxygen atoms in total. The number of carbonyl (C=O) groups is 1. The van der Waals surface area contributed by atoms with Crippen LogP contribution in [-0.2, 0) is 10.2 Å². The molecule has 0 unspecified atom stereocenters. The average Bonchev–Trinajstić information content (AvgIpc) is 2.67. The maximum Gasteiger partial charge on any atom is 0.317 e. The number of nitrogens with one attached hydrogen (secondary N) is 1. The monoisotopic (exact) mass is 355 g/mol. The minimum absolute atomic E-state index is 0.0967. The number of carbonyl (C=O) groups excluding carboxylic acids is 1. The molecule has 1 aliphatic heterocycles. The number of phenols is 1. The lowest BCUT2D eigenvalue weighted by Crippen LogP contribution is -2.49. The van der Waals surface area contributed by atoms with Crippen molar-refractivity contribution in [3.8, 4) is 5.75 Å². The first kappa shape index (κ1) is 18.2. The SMILES string of the molecule is CC(C)(CNC(=O)N1CCO[C@@H](c2cccc(O)c2)C1)c1ccncc1. The first-order valence-corrected chi connectivity index (χ1v) is 8.79. The van der Waals surface area contributed by atoms with Gasteiger partial charge in [-0.15, -0.1) is 0 Å². The van der Waals surface area contributed by atoms with Crippen LogP contribution >= 0.6 is 0 Å². The zero-order valence-electron chi connectivity index (χ0n) is 15.2. The second kappa shape index (κ2) is 7.74. The van der Waals surface area contributed by atoms with Crippen LogP contribution in [0.15, 0.2) is 48.8 Å². The van der Waals surface area contributed by atoms with Gasteiger partial charge in [0.2, 0.25) is 0 Å². The molecule has 2 N–H and O–H groups in total. The summed E-state index contributed by atoms with van der Waals surface area (Å²) in [7, 11) is 0. The van der Waals surface area contributed by atoms with Gasteiger partial charge >= 0.3 is 6.03 Å². The van der Waals surface area contributed by atoms with Crippen LogP contribution in [0.25, 0.3) is 0 Å². The van der Waals surface area contributed by atoms with Crippen molar-refractivity contribution in [2.24, 2.45) is 0 Å². The van der Waals surface area contributed by atoms with Gasteiger partial charge in [-0.1, -0.05) is 26.0 Å². The van der Waals surface area contributed by atoms with E-state index in [2.05, 4.69) is 24.1 Å². The van der Waals surface area contributed by atoms with Gasteiger partial charge in [0.15, 0.2) is 0 Å². The molecule has 2 amide bonds. The van der Waals surface area contributed by atoms with Crippen molar-refractivity contribution in [1.29, 1.82) is 0 Å². The largest absolute Gasteiger partial charge is 0.508 e. The molecule has 1 aromatic heterocycles. The van der Waals surface area contributed by atoms with Crippen LogP contribution in [-0.4, -0.2) is 47.3 Å². The van der Waals surface area contributed by atoms with Crippen LogP contribution in [0.5, 0.6) is 5.75 Å². The number of benzene rings is 1. The number of aromatic nitrogens is 1. The predicted molar refractivity (Wildman–Crippen MR) is 99.0 cm³/mol. The summed E-state index contributed by atoms with van der Waals surface area (Å²) in [6.45, 7) is 6.21. The molecule has 0 bridgehead atoms. The molecular formula is C20H25N3O3. The maximum absolute atomic E-state index is 12.6. The normalized spacial score (nSPS) is 17.8. The standard InChI is InChI=1S/C20H25N3O3/c1-20(2,16-6-8-21-9-7-16)14-22-19(25)23-10-11-26-18(13-23)15-4-3-5-17(24)12-15/h3-9,12,18,24H,10-11,13-14H2,1-2H3,(H,22,25)/t18-/m1/s1. The third-order valence-electron chi connectivity index (χ3n) is 4.74. The molecule has 1 saturated heterocycles. The third kappa shape index (κ3) is 4.32. The van der Waals surface area contributed by atoms with Crippen molar-refractivity contribution in [3.05, 3.63) is 59.9 Å². The Labute approximate surface area is 153 Å². The van der Waals surface area contributed by atoms with Crippen LogP contribution in [0.4, 0.5) is 4.79 Å². The molecule has 3 rings (SSSR count). The highest BCUT2D eigenvalue weighted by atomic mass is 16.5. The summed E-state index contributed by atoms with van der Waals surface area (Å²) in [5.41, 5.74) is 1.82. The van der Waals surface area contributed by atoms with Gasteiger partial charge in [0.1, 0.15) is 11.9 Å². The fourth-order valence-corrected chi connectivity index (χ4v) is 3.07. The summed E-state index contributed by atoms with van der Waals surface area (Å²) in [6.07, 6.45) is 3.30. The number of phenolic OH excluding ortho intramolecular Hbond substituents is 1. The van der Waals surface area contributed by atoms with Crippen molar-refractivity contribution in [2.45, 2.75) is 25.4 Å². The van der Waals surface area contributed by atoms with E-state index in [0.29, 0.717) is 26.2 Å². The zero-order valence-corrected chi connectivity index (χ0v) is 15.2. The molecule has 1 fully saturated rings. The van der Waals surface area contributed by atoms with Crippen molar-refractivity contribution in [1.82, 2.24) is 15.2 Å². The van der Waals surface area contributed by atoms with Crippen LogP contribution in [0.1, 0.15) is 31.1 Å². The first-order valence-electron chi connectivity index (χ1n) is 8.79. The average molecular weight is 355 g/mol. The van der Waals surface area contributed by atoms with E-state index in [1.165, 1.54) is 0 Å². The van der Waals surface area contributed by atoms with E-state index >= 15 is 0 Å². The molecule has 0 radical (unpaired) electrons. The fraction of sp³-hybridized carbons (Fsp3) is 0.400. The second-order valence-electron chi connectivity index (χ2n) is 7.18. The van der Waals surface area contributed by atoms with E-state index in [0.717, 1.165) is 11.1 Å². The molecule has 1 aromatic carbocycles. The van der Waals surface area contributed by atoms with Gasteiger partial charge in [-0.25, -0.2) is 4.79 Å². The number of hydrogen-bond donors (Lipinski definition) is 2. The minimum Gasteiger partial charge on any atom is -0.508 e. The molecular weight excluding hydrogens is 330 g/mol. The van der Waals surface area contributed by atoms with Gasteiger partial charge in [0.05, 0.1) is 13.2 Å². The fourth-order valence-electron chi connectivity index (χ4n) is 3.07. The number of nitrogens with zero attached hydrogens (tertiary/aromatic N) is 2. The quantitative estimate of drug-likeness (QED) is 0.884. The molecule has 0 saturated carbocycles. The topological polar surface area (TPSA) is 74.7 Å². The summed E-state index contributed by atoms with van der Waals surface area (Å²) < 4.78 is 5.77. The Bertz CT molecular complexity index is 749. The lowest BCUT2D eigenvalue weighted by molar-refractivity contribution is -0.0156. The number of urea groups is 1. The summed E-state index contributed by atoms with van der Waals surface area (Å²) in [6, 6.07) is 10.8. The van der Waals surface area contributed by atoms with Crippen LogP contribution in [0, 0.1) is 0 Å². The van der Waals surface area contributed by atoms with Crippen LogP contribution < -0.4 is 5.32 Å². The van der Waals surface area contributed by atoms with Gasteiger partial charge in [-0.2, -0.15) is 0 Å². The van der Waals surface area contributed by atoms with Crippen molar-refractivity contribution in [2.75, 3.05) is 26.2 Å². The van der Waals surface area contributed by atoms with Gasteiger partial charge in [-0.05, 0) is 35.4 Å². The number of hydrogen-bond acceptors (Lipinski definition) is 4. The number of morpholine rings is 1. The molecule has 138 valence electrons. The van der Waals surface area contributed by atoms with E-state index in [1.54, 1.807) is 35.5 Å². The summed E-state index contributed by atoms with van der Waals surface area (Å²) in [5, 5.41) is 12.7. The number of amides is 2. The molecule has 2 heterocycles. The minimum atomic E-state index is -0.227. The summed E-state index contributed by atoms with van der Waals surface area (Å²) in [5.74, 6) is 0.201. The van der Waals surface area contributed by atoms with E-state index in [4.69, 9.17) is 4.74 Å².